The third kappa shape index (κ3) is 5.77. The Hall–Kier alpha value is -3.62. The second-order valence-corrected chi connectivity index (χ2v) is 14.4. The van der Waals surface area contributed by atoms with Gasteiger partial charge in [-0.3, -0.25) is 9.48 Å². The number of carbonyl (C=O) groups excluding carboxylic acids is 1. The number of nitrogens with one attached hydrogen (secondary N) is 1. The number of carbonyl (C=O) groups is 1. The summed E-state index contributed by atoms with van der Waals surface area (Å²) in [5.74, 6) is 0.336. The number of aromatic nitrogens is 5. The summed E-state index contributed by atoms with van der Waals surface area (Å²) in [6, 6.07) is 4.61. The second kappa shape index (κ2) is 10.8. The van der Waals surface area contributed by atoms with Crippen LogP contribution in [0.25, 0.3) is 5.82 Å². The molecule has 0 radical (unpaired) electrons. The van der Waals surface area contributed by atoms with Gasteiger partial charge in [-0.25, -0.2) is 22.8 Å². The molecule has 3 aliphatic rings. The van der Waals surface area contributed by atoms with Crippen LogP contribution in [0.4, 0.5) is 19.0 Å². The summed E-state index contributed by atoms with van der Waals surface area (Å²) in [6.07, 6.45) is 2.42. The highest BCUT2D eigenvalue weighted by molar-refractivity contribution is 7.90. The quantitative estimate of drug-likeness (QED) is 0.425. The molecule has 1 N–H and O–H groups in total. The topological polar surface area (TPSA) is 124 Å². The predicted molar refractivity (Wildman–Crippen MR) is 154 cm³/mol. The van der Waals surface area contributed by atoms with E-state index in [1.165, 1.54) is 16.9 Å². The number of sulfonamides is 1. The molecule has 5 heterocycles. The van der Waals surface area contributed by atoms with Crippen molar-refractivity contribution in [1.82, 2.24) is 29.3 Å². The first kappa shape index (κ1) is 30.4. The summed E-state index contributed by atoms with van der Waals surface area (Å²) in [7, 11) is -4.22. The molecule has 0 spiro atoms. The van der Waals surface area contributed by atoms with Crippen LogP contribution in [0.3, 0.4) is 0 Å². The van der Waals surface area contributed by atoms with Gasteiger partial charge in [0.1, 0.15) is 10.7 Å². The van der Waals surface area contributed by atoms with Gasteiger partial charge in [0.25, 0.3) is 15.9 Å². The smallest absolute Gasteiger partial charge is 0.394 e. The van der Waals surface area contributed by atoms with E-state index in [-0.39, 0.29) is 47.7 Å². The minimum Gasteiger partial charge on any atom is -0.477 e. The van der Waals surface area contributed by atoms with Crippen LogP contribution in [0.1, 0.15) is 74.8 Å². The second-order valence-electron chi connectivity index (χ2n) is 12.8. The van der Waals surface area contributed by atoms with Crippen LogP contribution in [0, 0.1) is 18.3 Å². The third-order valence-electron chi connectivity index (χ3n) is 9.20. The van der Waals surface area contributed by atoms with Crippen molar-refractivity contribution in [3.05, 3.63) is 41.9 Å². The lowest BCUT2D eigenvalue weighted by Crippen LogP contribution is -2.52. The molecule has 3 aromatic rings. The van der Waals surface area contributed by atoms with Gasteiger partial charge >= 0.3 is 6.18 Å². The number of pyridine rings is 1. The van der Waals surface area contributed by atoms with Crippen molar-refractivity contribution in [2.45, 2.75) is 88.9 Å². The number of ether oxygens (including phenoxy) is 1. The molecule has 6 rings (SSSR count). The first-order valence-corrected chi connectivity index (χ1v) is 16.3. The molecule has 2 aliphatic heterocycles. The fourth-order valence-corrected chi connectivity index (χ4v) is 7.34. The van der Waals surface area contributed by atoms with Crippen molar-refractivity contribution in [2.24, 2.45) is 11.3 Å². The number of nitrogens with zero attached hydrogens (tertiary/aromatic N) is 6. The van der Waals surface area contributed by atoms with Gasteiger partial charge in [-0.2, -0.15) is 18.3 Å². The Labute approximate surface area is 253 Å². The van der Waals surface area contributed by atoms with Gasteiger partial charge in [0.15, 0.2) is 5.82 Å². The van der Waals surface area contributed by atoms with E-state index in [1.54, 1.807) is 29.9 Å². The summed E-state index contributed by atoms with van der Waals surface area (Å²) in [6.45, 7) is 6.79. The molecule has 238 valence electrons. The van der Waals surface area contributed by atoms with Gasteiger partial charge < -0.3 is 9.64 Å². The molecule has 1 saturated heterocycles. The van der Waals surface area contributed by atoms with E-state index in [1.807, 2.05) is 0 Å². The molecule has 1 aliphatic carbocycles. The maximum Gasteiger partial charge on any atom is 0.394 e. The number of hydrogen-bond donors (Lipinski definition) is 1. The monoisotopic (exact) mass is 635 g/mol. The summed E-state index contributed by atoms with van der Waals surface area (Å²) in [4.78, 5) is 20.5. The molecule has 0 aromatic carbocycles. The predicted octanol–water partition coefficient (Wildman–Crippen LogP) is 4.79. The Balaban J connectivity index is 1.32. The van der Waals surface area contributed by atoms with Gasteiger partial charge in [0.05, 0.1) is 23.3 Å². The van der Waals surface area contributed by atoms with Gasteiger partial charge in [-0.15, -0.1) is 5.10 Å². The van der Waals surface area contributed by atoms with Crippen molar-refractivity contribution < 1.29 is 31.1 Å². The highest BCUT2D eigenvalue weighted by atomic mass is 32.2. The molecule has 11 nitrogen and oxygen atoms in total. The van der Waals surface area contributed by atoms with Crippen LogP contribution in [-0.2, 0) is 16.6 Å². The molecule has 4 bridgehead atoms. The summed E-state index contributed by atoms with van der Waals surface area (Å²) >= 11 is 0. The third-order valence-corrected chi connectivity index (χ3v) is 10.6. The van der Waals surface area contributed by atoms with Crippen LogP contribution >= 0.6 is 0 Å². The van der Waals surface area contributed by atoms with E-state index in [0.29, 0.717) is 36.3 Å². The lowest BCUT2D eigenvalue weighted by atomic mass is 9.82. The van der Waals surface area contributed by atoms with Crippen molar-refractivity contribution in [1.29, 1.82) is 0 Å². The molecule has 1 atom stereocenters. The van der Waals surface area contributed by atoms with E-state index >= 15 is 0 Å². The zero-order valence-corrected chi connectivity index (χ0v) is 25.7. The molecule has 1 saturated carbocycles. The Kier molecular flexibility index (Phi) is 7.45. The molecule has 2 fully saturated rings. The molecular formula is C29H36F3N7O4S. The van der Waals surface area contributed by atoms with Gasteiger partial charge in [-0.05, 0) is 83.8 Å². The number of halogens is 3. The van der Waals surface area contributed by atoms with Gasteiger partial charge in [0, 0.05) is 37.1 Å². The standard InChI is InChI=1S/C29H36F3N7O4S/c1-19-22-18-37(34-19)14-4-5-20-8-10-27(2,3)38(17-20)25-21(26(40)36-44(22,41)42)6-7-23(33-25)39-15-9-24(35-39)43-16-13-28(11-12-28)29(30,31)32/h6-7,9,15,18,20H,4-5,8,10-14,16-17H2,1-3H3,(H,36,40). The number of aryl methyl sites for hydroxylation is 2. The number of alkyl halides is 3. The number of rotatable bonds is 5. The fraction of sp³-hybridized carbons (Fsp3) is 0.586. The van der Waals surface area contributed by atoms with Crippen LogP contribution in [0.15, 0.2) is 35.5 Å². The highest BCUT2D eigenvalue weighted by Gasteiger charge is 2.62. The Bertz CT molecular complexity index is 1680. The molecule has 15 heteroatoms. The first-order valence-electron chi connectivity index (χ1n) is 14.8. The van der Waals surface area contributed by atoms with Crippen molar-refractivity contribution in [2.75, 3.05) is 18.1 Å². The van der Waals surface area contributed by atoms with E-state index in [0.717, 1.165) is 25.7 Å². The average Bonchev–Trinajstić information content (AvgIpc) is 3.43. The summed E-state index contributed by atoms with van der Waals surface area (Å²) in [5, 5.41) is 8.72. The van der Waals surface area contributed by atoms with Gasteiger partial charge in [0.2, 0.25) is 5.88 Å². The maximum absolute atomic E-state index is 13.6. The fourth-order valence-electron chi connectivity index (χ4n) is 6.19. The van der Waals surface area contributed by atoms with E-state index in [2.05, 4.69) is 33.7 Å². The number of anilines is 1. The number of amides is 1. The molecular weight excluding hydrogens is 599 g/mol. The highest BCUT2D eigenvalue weighted by Crippen LogP contribution is 2.59. The lowest BCUT2D eigenvalue weighted by Gasteiger charge is -2.47. The average molecular weight is 636 g/mol. The van der Waals surface area contributed by atoms with Crippen LogP contribution in [0.2, 0.25) is 0 Å². The molecule has 3 aromatic heterocycles. The Morgan fingerprint density at radius 3 is 2.61 bits per heavy atom. The van der Waals surface area contributed by atoms with Crippen molar-refractivity contribution >= 4 is 21.7 Å². The van der Waals surface area contributed by atoms with Crippen LogP contribution in [0.5, 0.6) is 5.88 Å². The molecule has 1 unspecified atom stereocenters. The first-order chi connectivity index (χ1) is 20.7. The van der Waals surface area contributed by atoms with Crippen LogP contribution < -0.4 is 14.4 Å². The Morgan fingerprint density at radius 2 is 1.89 bits per heavy atom. The summed E-state index contributed by atoms with van der Waals surface area (Å²) < 4.78 is 77.2. The van der Waals surface area contributed by atoms with E-state index < -0.39 is 27.5 Å². The number of piperidine rings is 1. The summed E-state index contributed by atoms with van der Waals surface area (Å²) in [5.41, 5.74) is -1.64. The van der Waals surface area contributed by atoms with Crippen LogP contribution in [-0.4, -0.2) is 63.7 Å². The normalized spacial score (nSPS) is 22.5. The zero-order valence-electron chi connectivity index (χ0n) is 24.9. The largest absolute Gasteiger partial charge is 0.477 e. The minimum atomic E-state index is -4.25. The molecule has 1 amide bonds. The zero-order chi connectivity index (χ0) is 31.5. The SMILES string of the molecule is Cc1nn2cc1S(=O)(=O)NC(=O)c1ccc(-n3ccc(OCCC4(C(F)(F)F)CC4)n3)nc1N1CC(CCC2)CCC1(C)C. The van der Waals surface area contributed by atoms with Crippen molar-refractivity contribution in [3.63, 3.8) is 0 Å². The number of fused-ring (bicyclic) bond motifs is 6. The van der Waals surface area contributed by atoms with E-state index in [4.69, 9.17) is 9.72 Å². The van der Waals surface area contributed by atoms with E-state index in [9.17, 15) is 26.4 Å². The number of hydrogen-bond acceptors (Lipinski definition) is 8. The minimum absolute atomic E-state index is 0.0539. The lowest BCUT2D eigenvalue weighted by molar-refractivity contribution is -0.190. The molecule has 44 heavy (non-hydrogen) atoms. The van der Waals surface area contributed by atoms with Gasteiger partial charge in [-0.1, -0.05) is 0 Å². The Morgan fingerprint density at radius 1 is 1.11 bits per heavy atom. The maximum atomic E-state index is 13.6. The van der Waals surface area contributed by atoms with Crippen molar-refractivity contribution in [3.8, 4) is 11.7 Å².